The Balaban J connectivity index is 2.20. The molecule has 0 amide bonds. The van der Waals surface area contributed by atoms with Crippen LogP contribution in [-0.2, 0) is 11.8 Å². The first kappa shape index (κ1) is 14.9. The number of rotatable bonds is 1. The molecule has 0 saturated heterocycles. The molecule has 1 heterocycles. The van der Waals surface area contributed by atoms with Gasteiger partial charge >= 0.3 is 5.63 Å². The smallest absolute Gasteiger partial charge is 0.336 e. The van der Waals surface area contributed by atoms with Gasteiger partial charge in [0.2, 0.25) is 0 Å². The van der Waals surface area contributed by atoms with E-state index >= 15 is 0 Å². The fraction of sp³-hybridized carbons (Fsp3) is 0.737. The van der Waals surface area contributed by atoms with E-state index in [1.165, 1.54) is 36.8 Å². The zero-order chi connectivity index (χ0) is 15.4. The van der Waals surface area contributed by atoms with E-state index in [1.54, 1.807) is 6.07 Å². The predicted molar refractivity (Wildman–Crippen MR) is 85.9 cm³/mol. The highest BCUT2D eigenvalue weighted by atomic mass is 16.4. The van der Waals surface area contributed by atoms with Crippen molar-refractivity contribution in [3.63, 3.8) is 0 Å². The first-order valence-corrected chi connectivity index (χ1v) is 8.43. The second-order valence-electron chi connectivity index (χ2n) is 8.33. The van der Waals surface area contributed by atoms with Crippen LogP contribution in [0.15, 0.2) is 15.3 Å². The van der Waals surface area contributed by atoms with Gasteiger partial charge in [0, 0.05) is 12.0 Å². The summed E-state index contributed by atoms with van der Waals surface area (Å²) >= 11 is 0. The zero-order valence-electron chi connectivity index (χ0n) is 14.1. The van der Waals surface area contributed by atoms with Crippen LogP contribution in [0.4, 0.5) is 0 Å². The quantitative estimate of drug-likeness (QED) is 0.743. The van der Waals surface area contributed by atoms with Crippen molar-refractivity contribution in [2.45, 2.75) is 78.1 Å². The summed E-state index contributed by atoms with van der Waals surface area (Å²) in [6.45, 7) is 11.5. The molecule has 3 rings (SSSR count). The third kappa shape index (κ3) is 2.18. The lowest BCUT2D eigenvalue weighted by Gasteiger charge is -2.54. The lowest BCUT2D eigenvalue weighted by Crippen LogP contribution is -2.48. The van der Waals surface area contributed by atoms with Crippen LogP contribution in [0.1, 0.15) is 83.1 Å². The average molecular weight is 288 g/mol. The van der Waals surface area contributed by atoms with Crippen LogP contribution in [-0.4, -0.2) is 0 Å². The molecule has 1 aromatic rings. The summed E-state index contributed by atoms with van der Waals surface area (Å²) in [6, 6.07) is 1.80. The van der Waals surface area contributed by atoms with Crippen molar-refractivity contribution in [2.24, 2.45) is 11.3 Å². The van der Waals surface area contributed by atoms with Crippen LogP contribution < -0.4 is 5.63 Å². The SMILES string of the molecule is CC(C)c1oc(=O)cc2c1CC[C@H]1C(C)(C)CCC[C@]21C. The highest BCUT2D eigenvalue weighted by Gasteiger charge is 2.50. The molecule has 1 fully saturated rings. The summed E-state index contributed by atoms with van der Waals surface area (Å²) < 4.78 is 5.56. The second-order valence-corrected chi connectivity index (χ2v) is 8.33. The summed E-state index contributed by atoms with van der Waals surface area (Å²) in [5, 5.41) is 0. The predicted octanol–water partition coefficient (Wildman–Crippen LogP) is 4.79. The van der Waals surface area contributed by atoms with Crippen molar-refractivity contribution in [1.82, 2.24) is 0 Å². The number of hydrogen-bond donors (Lipinski definition) is 0. The number of hydrogen-bond acceptors (Lipinski definition) is 2. The molecule has 21 heavy (non-hydrogen) atoms. The van der Waals surface area contributed by atoms with E-state index in [-0.39, 0.29) is 17.0 Å². The lowest BCUT2D eigenvalue weighted by molar-refractivity contribution is 0.0394. The van der Waals surface area contributed by atoms with Gasteiger partial charge in [0.1, 0.15) is 5.76 Å². The maximum Gasteiger partial charge on any atom is 0.336 e. The fourth-order valence-corrected chi connectivity index (χ4v) is 5.21. The molecule has 2 aliphatic carbocycles. The maximum absolute atomic E-state index is 12.1. The average Bonchev–Trinajstić information content (AvgIpc) is 2.37. The van der Waals surface area contributed by atoms with Crippen LogP contribution in [0.3, 0.4) is 0 Å². The Morgan fingerprint density at radius 1 is 1.24 bits per heavy atom. The van der Waals surface area contributed by atoms with Gasteiger partial charge in [-0.15, -0.1) is 0 Å². The normalized spacial score (nSPS) is 30.9. The van der Waals surface area contributed by atoms with Crippen molar-refractivity contribution >= 4 is 0 Å². The molecule has 2 aliphatic rings. The molecule has 0 radical (unpaired) electrons. The van der Waals surface area contributed by atoms with Crippen LogP contribution in [0.5, 0.6) is 0 Å². The molecule has 0 unspecified atom stereocenters. The zero-order valence-corrected chi connectivity index (χ0v) is 14.1. The summed E-state index contributed by atoms with van der Waals surface area (Å²) in [6.07, 6.45) is 6.06. The summed E-state index contributed by atoms with van der Waals surface area (Å²) in [4.78, 5) is 12.1. The van der Waals surface area contributed by atoms with Crippen LogP contribution in [0.2, 0.25) is 0 Å². The largest absolute Gasteiger partial charge is 0.427 e. The topological polar surface area (TPSA) is 30.2 Å². The molecule has 0 bridgehead atoms. The minimum Gasteiger partial charge on any atom is -0.427 e. The summed E-state index contributed by atoms with van der Waals surface area (Å²) in [5.41, 5.74) is 2.99. The van der Waals surface area contributed by atoms with Crippen molar-refractivity contribution in [3.8, 4) is 0 Å². The molecule has 0 N–H and O–H groups in total. The van der Waals surface area contributed by atoms with Crippen molar-refractivity contribution in [2.75, 3.05) is 0 Å². The van der Waals surface area contributed by atoms with Gasteiger partial charge in [-0.25, -0.2) is 4.79 Å². The Morgan fingerprint density at radius 2 is 1.95 bits per heavy atom. The van der Waals surface area contributed by atoms with Crippen LogP contribution >= 0.6 is 0 Å². The van der Waals surface area contributed by atoms with Gasteiger partial charge < -0.3 is 4.42 Å². The lowest BCUT2D eigenvalue weighted by atomic mass is 9.50. The molecule has 2 atom stereocenters. The summed E-state index contributed by atoms with van der Waals surface area (Å²) in [5.74, 6) is 1.89. The van der Waals surface area contributed by atoms with Gasteiger partial charge in [0.05, 0.1) is 0 Å². The Kier molecular flexibility index (Phi) is 3.35. The second kappa shape index (κ2) is 4.72. The van der Waals surface area contributed by atoms with Crippen molar-refractivity contribution in [1.29, 1.82) is 0 Å². The van der Waals surface area contributed by atoms with Gasteiger partial charge in [0.25, 0.3) is 0 Å². The van der Waals surface area contributed by atoms with Gasteiger partial charge in [-0.2, -0.15) is 0 Å². The Bertz CT molecular complexity index is 608. The van der Waals surface area contributed by atoms with E-state index < -0.39 is 0 Å². The third-order valence-corrected chi connectivity index (χ3v) is 6.15. The molecule has 0 aliphatic heterocycles. The first-order chi connectivity index (χ1) is 9.75. The van der Waals surface area contributed by atoms with E-state index in [0.29, 0.717) is 11.3 Å². The third-order valence-electron chi connectivity index (χ3n) is 6.15. The Labute approximate surface area is 127 Å². The van der Waals surface area contributed by atoms with Crippen molar-refractivity contribution in [3.05, 3.63) is 33.4 Å². The van der Waals surface area contributed by atoms with E-state index in [2.05, 4.69) is 34.6 Å². The van der Waals surface area contributed by atoms with Crippen LogP contribution in [0, 0.1) is 11.3 Å². The first-order valence-electron chi connectivity index (χ1n) is 8.43. The minimum atomic E-state index is -0.164. The van der Waals surface area contributed by atoms with E-state index in [9.17, 15) is 4.79 Å². The number of fused-ring (bicyclic) bond motifs is 3. The highest BCUT2D eigenvalue weighted by Crippen LogP contribution is 2.57. The van der Waals surface area contributed by atoms with Crippen LogP contribution in [0.25, 0.3) is 0 Å². The molecular weight excluding hydrogens is 260 g/mol. The summed E-state index contributed by atoms with van der Waals surface area (Å²) in [7, 11) is 0. The molecule has 0 aromatic carbocycles. The maximum atomic E-state index is 12.1. The van der Waals surface area contributed by atoms with Crippen molar-refractivity contribution < 1.29 is 4.42 Å². The van der Waals surface area contributed by atoms with Gasteiger partial charge in [-0.3, -0.25) is 0 Å². The molecule has 1 saturated carbocycles. The molecule has 0 spiro atoms. The van der Waals surface area contributed by atoms with Gasteiger partial charge in [0.15, 0.2) is 0 Å². The standard InChI is InChI=1S/C19H28O2/c1-12(2)17-13-7-8-15-18(3,4)9-6-10-19(15,5)14(13)11-16(20)21-17/h11-12,15H,6-10H2,1-5H3/t15-,19+/m0/s1. The van der Waals surface area contributed by atoms with E-state index in [4.69, 9.17) is 4.42 Å². The molecule has 2 nitrogen and oxygen atoms in total. The van der Waals surface area contributed by atoms with E-state index in [0.717, 1.165) is 12.2 Å². The van der Waals surface area contributed by atoms with Gasteiger partial charge in [-0.1, -0.05) is 41.0 Å². The highest BCUT2D eigenvalue weighted by molar-refractivity contribution is 5.40. The minimum absolute atomic E-state index is 0.148. The fourth-order valence-electron chi connectivity index (χ4n) is 5.21. The molecule has 116 valence electrons. The van der Waals surface area contributed by atoms with Gasteiger partial charge in [-0.05, 0) is 53.6 Å². The molecular formula is C19H28O2. The Morgan fingerprint density at radius 3 is 2.62 bits per heavy atom. The monoisotopic (exact) mass is 288 g/mol. The Hall–Kier alpha value is -1.05. The van der Waals surface area contributed by atoms with E-state index in [1.807, 2.05) is 0 Å². The molecule has 2 heteroatoms. The molecule has 1 aromatic heterocycles.